The highest BCUT2D eigenvalue weighted by Gasteiger charge is 2.30. The molecule has 1 amide bonds. The molecule has 0 radical (unpaired) electrons. The van der Waals surface area contributed by atoms with Gasteiger partial charge in [0.05, 0.1) is 5.56 Å². The molecule has 0 saturated heterocycles. The minimum absolute atomic E-state index is 0.0380. The number of carbonyl (C=O) groups excluding carboxylic acids is 1. The number of phenols is 1. The number of fused-ring (bicyclic) bond motifs is 1. The van der Waals surface area contributed by atoms with Crippen LogP contribution in [0.1, 0.15) is 107 Å². The molecular formula is C31H41NO3. The van der Waals surface area contributed by atoms with Crippen LogP contribution in [0.2, 0.25) is 0 Å². The molecule has 3 aromatic rings. The third-order valence-corrected chi connectivity index (χ3v) is 7.71. The average molecular weight is 476 g/mol. The van der Waals surface area contributed by atoms with Gasteiger partial charge in [-0.1, -0.05) is 91.3 Å². The van der Waals surface area contributed by atoms with Gasteiger partial charge in [-0.25, -0.2) is 0 Å². The summed E-state index contributed by atoms with van der Waals surface area (Å²) in [6.45, 7) is 15.5. The fraction of sp³-hybridized carbons (Fsp3) is 0.452. The van der Waals surface area contributed by atoms with E-state index in [1.165, 1.54) is 5.56 Å². The van der Waals surface area contributed by atoms with Crippen molar-refractivity contribution in [3.8, 4) is 11.5 Å². The summed E-state index contributed by atoms with van der Waals surface area (Å²) in [6.07, 6.45) is 2.93. The van der Waals surface area contributed by atoms with Crippen LogP contribution >= 0.6 is 0 Å². The molecule has 0 aliphatic heterocycles. The topological polar surface area (TPSA) is 72.6 Å². The van der Waals surface area contributed by atoms with E-state index in [0.717, 1.165) is 41.3 Å². The van der Waals surface area contributed by atoms with Crippen LogP contribution in [0.5, 0.6) is 11.5 Å². The number of nitrogens with two attached hydrogens (primary N) is 1. The van der Waals surface area contributed by atoms with Gasteiger partial charge < -0.3 is 15.6 Å². The lowest BCUT2D eigenvalue weighted by Gasteiger charge is -2.32. The van der Waals surface area contributed by atoms with Crippen molar-refractivity contribution in [1.82, 2.24) is 0 Å². The van der Waals surface area contributed by atoms with Gasteiger partial charge in [0.1, 0.15) is 17.6 Å². The zero-order valence-electron chi connectivity index (χ0n) is 22.4. The molecule has 35 heavy (non-hydrogen) atoms. The number of primary amides is 1. The van der Waals surface area contributed by atoms with E-state index in [1.807, 2.05) is 24.3 Å². The minimum atomic E-state index is -0.564. The Morgan fingerprint density at radius 3 is 2.23 bits per heavy atom. The van der Waals surface area contributed by atoms with Crippen LogP contribution in [0, 0.1) is 0 Å². The lowest BCUT2D eigenvalue weighted by atomic mass is 9.76. The highest BCUT2D eigenvalue weighted by atomic mass is 16.5. The molecule has 188 valence electrons. The molecule has 0 spiro atoms. The van der Waals surface area contributed by atoms with Crippen molar-refractivity contribution < 1.29 is 14.6 Å². The van der Waals surface area contributed by atoms with Crippen molar-refractivity contribution >= 4 is 16.7 Å². The van der Waals surface area contributed by atoms with E-state index in [2.05, 4.69) is 66.7 Å². The van der Waals surface area contributed by atoms with Crippen molar-refractivity contribution in [2.24, 2.45) is 5.73 Å². The van der Waals surface area contributed by atoms with Crippen LogP contribution in [0.4, 0.5) is 0 Å². The van der Waals surface area contributed by atoms with E-state index in [-0.39, 0.29) is 16.6 Å². The third-order valence-electron chi connectivity index (χ3n) is 7.71. The molecule has 0 aliphatic carbocycles. The molecular weight excluding hydrogens is 434 g/mol. The summed E-state index contributed by atoms with van der Waals surface area (Å²) in [5.74, 6) is 0.260. The van der Waals surface area contributed by atoms with Gasteiger partial charge in [-0.15, -0.1) is 0 Å². The number of hydrogen-bond acceptors (Lipinski definition) is 3. The van der Waals surface area contributed by atoms with E-state index in [0.29, 0.717) is 17.5 Å². The van der Waals surface area contributed by atoms with Crippen LogP contribution in [-0.2, 0) is 10.8 Å². The van der Waals surface area contributed by atoms with Crippen molar-refractivity contribution in [2.75, 3.05) is 0 Å². The molecule has 1 atom stereocenters. The SMILES string of the molecule is CCCC(Oc1ccc(C(C)(C)CC)cc1C(C)(C)CC)c1c(O)cc2ccccc2c1C(N)=O. The Hall–Kier alpha value is -3.01. The van der Waals surface area contributed by atoms with Crippen LogP contribution in [0.25, 0.3) is 10.8 Å². The molecule has 3 N–H and O–H groups in total. The Balaban J connectivity index is 2.21. The zero-order valence-corrected chi connectivity index (χ0v) is 22.4. The number of aromatic hydroxyl groups is 1. The summed E-state index contributed by atoms with van der Waals surface area (Å²) in [6, 6.07) is 15.7. The molecule has 3 rings (SSSR count). The second-order valence-corrected chi connectivity index (χ2v) is 10.9. The highest BCUT2D eigenvalue weighted by molar-refractivity contribution is 6.08. The summed E-state index contributed by atoms with van der Waals surface area (Å²) in [5, 5.41) is 12.6. The third kappa shape index (κ3) is 5.32. The van der Waals surface area contributed by atoms with Crippen LogP contribution in [-0.4, -0.2) is 11.0 Å². The fourth-order valence-corrected chi connectivity index (χ4v) is 4.59. The lowest BCUT2D eigenvalue weighted by molar-refractivity contribution is 0.0994. The molecule has 0 fully saturated rings. The van der Waals surface area contributed by atoms with Gasteiger partial charge in [0.15, 0.2) is 0 Å². The van der Waals surface area contributed by atoms with Gasteiger partial charge in [0.2, 0.25) is 5.91 Å². The molecule has 0 heterocycles. The van der Waals surface area contributed by atoms with E-state index in [4.69, 9.17) is 10.5 Å². The maximum Gasteiger partial charge on any atom is 0.249 e. The van der Waals surface area contributed by atoms with E-state index in [9.17, 15) is 9.90 Å². The summed E-state index contributed by atoms with van der Waals surface area (Å²) >= 11 is 0. The molecule has 0 saturated carbocycles. The molecule has 1 unspecified atom stereocenters. The van der Waals surface area contributed by atoms with Crippen molar-refractivity contribution in [1.29, 1.82) is 0 Å². The van der Waals surface area contributed by atoms with Gasteiger partial charge in [-0.2, -0.15) is 0 Å². The number of amides is 1. The zero-order chi connectivity index (χ0) is 26.0. The van der Waals surface area contributed by atoms with Crippen LogP contribution in [0.15, 0.2) is 48.5 Å². The van der Waals surface area contributed by atoms with E-state index >= 15 is 0 Å². The summed E-state index contributed by atoms with van der Waals surface area (Å²) in [7, 11) is 0. The predicted octanol–water partition coefficient (Wildman–Crippen LogP) is 7.94. The Bertz CT molecular complexity index is 1210. The van der Waals surface area contributed by atoms with Gasteiger partial charge in [-0.3, -0.25) is 4.79 Å². The molecule has 0 aliphatic rings. The maximum absolute atomic E-state index is 12.7. The lowest BCUT2D eigenvalue weighted by Crippen LogP contribution is -2.23. The first-order valence-electron chi connectivity index (χ1n) is 12.8. The number of benzene rings is 3. The normalized spacial score (nSPS) is 13.1. The highest BCUT2D eigenvalue weighted by Crippen LogP contribution is 2.43. The second-order valence-electron chi connectivity index (χ2n) is 10.9. The van der Waals surface area contributed by atoms with Crippen molar-refractivity contribution in [3.63, 3.8) is 0 Å². The van der Waals surface area contributed by atoms with E-state index < -0.39 is 12.0 Å². The number of ether oxygens (including phenoxy) is 1. The number of rotatable bonds is 10. The Morgan fingerprint density at radius 2 is 1.63 bits per heavy atom. The van der Waals surface area contributed by atoms with E-state index in [1.54, 1.807) is 6.07 Å². The Morgan fingerprint density at radius 1 is 0.971 bits per heavy atom. The number of phenolic OH excluding ortho intramolecular Hbond substituents is 1. The first-order chi connectivity index (χ1) is 16.5. The predicted molar refractivity (Wildman–Crippen MR) is 145 cm³/mol. The molecule has 4 heteroatoms. The number of carbonyl (C=O) groups is 1. The van der Waals surface area contributed by atoms with Gasteiger partial charge in [0.25, 0.3) is 0 Å². The van der Waals surface area contributed by atoms with Crippen molar-refractivity contribution in [2.45, 2.75) is 91.1 Å². The Labute approximate surface area is 210 Å². The summed E-state index contributed by atoms with van der Waals surface area (Å²) in [4.78, 5) is 12.7. The van der Waals surface area contributed by atoms with Crippen LogP contribution in [0.3, 0.4) is 0 Å². The molecule has 3 aromatic carbocycles. The largest absolute Gasteiger partial charge is 0.507 e. The van der Waals surface area contributed by atoms with Crippen molar-refractivity contribution in [3.05, 3.63) is 70.8 Å². The first-order valence-corrected chi connectivity index (χ1v) is 12.8. The van der Waals surface area contributed by atoms with Gasteiger partial charge in [-0.05, 0) is 58.6 Å². The smallest absolute Gasteiger partial charge is 0.249 e. The average Bonchev–Trinajstić information content (AvgIpc) is 2.82. The number of hydrogen-bond donors (Lipinski definition) is 2. The quantitative estimate of drug-likeness (QED) is 0.312. The standard InChI is InChI=1S/C31H41NO3/c1-8-13-26(28-24(33)18-20-14-11-12-15-22(20)27(28)29(32)34)35-25-17-16-21(30(4,5)9-2)19-23(25)31(6,7)10-3/h11-12,14-19,26,33H,8-10,13H2,1-7H3,(H2,32,34). The van der Waals surface area contributed by atoms with Crippen LogP contribution < -0.4 is 10.5 Å². The molecule has 4 nitrogen and oxygen atoms in total. The fourth-order valence-electron chi connectivity index (χ4n) is 4.59. The summed E-state index contributed by atoms with van der Waals surface area (Å²) in [5.41, 5.74) is 9.04. The molecule has 0 aromatic heterocycles. The monoisotopic (exact) mass is 475 g/mol. The Kier molecular flexibility index (Phi) is 7.83. The minimum Gasteiger partial charge on any atom is -0.507 e. The second kappa shape index (κ2) is 10.3. The summed E-state index contributed by atoms with van der Waals surface area (Å²) < 4.78 is 6.71. The van der Waals surface area contributed by atoms with Gasteiger partial charge >= 0.3 is 0 Å². The molecule has 0 bridgehead atoms. The first kappa shape index (κ1) is 26.6. The maximum atomic E-state index is 12.7. The van der Waals surface area contributed by atoms with Gasteiger partial charge in [0, 0.05) is 11.1 Å².